The molecule has 0 spiro atoms. The average molecular weight is 430 g/mol. The number of nitrogens with two attached hydrogens (primary N) is 1. The molecular weight excluding hydrogens is 405 g/mol. The smallest absolute Gasteiger partial charge is 0.172 e. The molecule has 1 aromatic heterocycles. The summed E-state index contributed by atoms with van der Waals surface area (Å²) in [5, 5.41) is 1.24. The molecule has 0 saturated carbocycles. The molecule has 3 aromatic rings. The van der Waals surface area contributed by atoms with Crippen LogP contribution in [0.5, 0.6) is 0 Å². The molecule has 29 heavy (non-hydrogen) atoms. The minimum Gasteiger partial charge on any atom is -0.381 e. The zero-order chi connectivity index (χ0) is 20.4. The molecule has 1 saturated heterocycles. The highest BCUT2D eigenvalue weighted by Gasteiger charge is 2.22. The van der Waals surface area contributed by atoms with E-state index in [-0.39, 0.29) is 0 Å². The summed E-state index contributed by atoms with van der Waals surface area (Å²) >= 11 is 12.5. The fourth-order valence-corrected chi connectivity index (χ4v) is 4.25. The molecule has 1 aliphatic rings. The van der Waals surface area contributed by atoms with Crippen LogP contribution >= 0.6 is 23.2 Å². The van der Waals surface area contributed by atoms with Crippen LogP contribution in [0, 0.1) is 0 Å². The first-order valence-electron chi connectivity index (χ1n) is 10.0. The van der Waals surface area contributed by atoms with Gasteiger partial charge in [0.1, 0.15) is 0 Å². The van der Waals surface area contributed by atoms with Crippen molar-refractivity contribution in [3.8, 4) is 0 Å². The van der Waals surface area contributed by atoms with Crippen molar-refractivity contribution in [3.63, 3.8) is 0 Å². The second-order valence-corrected chi connectivity index (χ2v) is 8.23. The first-order valence-corrected chi connectivity index (χ1v) is 10.8. The number of piperazine rings is 1. The summed E-state index contributed by atoms with van der Waals surface area (Å²) in [6, 6.07) is 11.9. The van der Waals surface area contributed by atoms with Crippen LogP contribution in [0.4, 0.5) is 11.6 Å². The molecule has 0 atom stereocenters. The topological polar surface area (TPSA) is 58.3 Å². The Hall–Kier alpha value is -2.08. The second kappa shape index (κ2) is 8.74. The Morgan fingerprint density at radius 1 is 0.966 bits per heavy atom. The van der Waals surface area contributed by atoms with Crippen LogP contribution < -0.4 is 10.6 Å². The van der Waals surface area contributed by atoms with Crippen LogP contribution in [-0.4, -0.2) is 41.0 Å². The predicted octanol–water partition coefficient (Wildman–Crippen LogP) is 4.79. The van der Waals surface area contributed by atoms with Crippen molar-refractivity contribution >= 4 is 45.9 Å². The highest BCUT2D eigenvalue weighted by atomic mass is 35.5. The third-order valence-corrected chi connectivity index (χ3v) is 6.26. The molecule has 1 aliphatic heterocycles. The van der Waals surface area contributed by atoms with Crippen LogP contribution in [0.25, 0.3) is 11.0 Å². The third-order valence-electron chi connectivity index (χ3n) is 5.40. The monoisotopic (exact) mass is 429 g/mol. The van der Waals surface area contributed by atoms with Gasteiger partial charge in [-0.2, -0.15) is 0 Å². The maximum atomic E-state index is 6.35. The highest BCUT2D eigenvalue weighted by molar-refractivity contribution is 6.42. The Morgan fingerprint density at radius 3 is 2.45 bits per heavy atom. The summed E-state index contributed by atoms with van der Waals surface area (Å²) < 4.78 is 0. The zero-order valence-corrected chi connectivity index (χ0v) is 18.0. The molecule has 1 fully saturated rings. The van der Waals surface area contributed by atoms with E-state index >= 15 is 0 Å². The molecule has 0 amide bonds. The summed E-state index contributed by atoms with van der Waals surface area (Å²) in [4.78, 5) is 14.2. The number of hydrogen-bond donors (Lipinski definition) is 1. The van der Waals surface area contributed by atoms with Crippen LogP contribution in [0.15, 0.2) is 36.4 Å². The average Bonchev–Trinajstić information content (AvgIpc) is 2.72. The molecule has 5 nitrogen and oxygen atoms in total. The Balaban J connectivity index is 1.51. The maximum absolute atomic E-state index is 6.35. The lowest BCUT2D eigenvalue weighted by atomic mass is 10.1. The number of aromatic nitrogens is 2. The van der Waals surface area contributed by atoms with Gasteiger partial charge in [-0.3, -0.25) is 4.90 Å². The molecule has 7 heteroatoms. The second-order valence-electron chi connectivity index (χ2n) is 7.44. The van der Waals surface area contributed by atoms with E-state index in [1.54, 1.807) is 0 Å². The molecule has 0 bridgehead atoms. The zero-order valence-electron chi connectivity index (χ0n) is 16.5. The van der Waals surface area contributed by atoms with E-state index in [0.717, 1.165) is 68.0 Å². The lowest BCUT2D eigenvalue weighted by Crippen LogP contribution is -2.46. The fourth-order valence-electron chi connectivity index (χ4n) is 3.87. The number of nitrogen functional groups attached to an aromatic ring is 1. The largest absolute Gasteiger partial charge is 0.381 e. The summed E-state index contributed by atoms with van der Waals surface area (Å²) in [5.41, 5.74) is 10.4. The summed E-state index contributed by atoms with van der Waals surface area (Å²) in [7, 11) is 0. The van der Waals surface area contributed by atoms with Crippen molar-refractivity contribution in [1.29, 1.82) is 0 Å². The van der Waals surface area contributed by atoms with Gasteiger partial charge >= 0.3 is 0 Å². The van der Waals surface area contributed by atoms with Crippen molar-refractivity contribution in [2.45, 2.75) is 26.3 Å². The maximum Gasteiger partial charge on any atom is 0.172 e. The van der Waals surface area contributed by atoms with E-state index in [1.165, 1.54) is 5.56 Å². The Labute approximate surface area is 181 Å². The standard InChI is InChI=1S/C22H25Cl2N5/c1-2-5-15-6-4-9-18-20(15)27-22(21(25)26-18)29-12-10-28(11-13-29)14-16-7-3-8-17(23)19(16)24/h3-4,6-9H,2,5,10-14H2,1H3,(H2,25,26). The van der Waals surface area contributed by atoms with E-state index in [9.17, 15) is 0 Å². The van der Waals surface area contributed by atoms with Gasteiger partial charge in [-0.05, 0) is 29.7 Å². The van der Waals surface area contributed by atoms with Gasteiger partial charge < -0.3 is 10.6 Å². The number of halogens is 2. The molecule has 152 valence electrons. The van der Waals surface area contributed by atoms with Crippen molar-refractivity contribution < 1.29 is 0 Å². The molecule has 2 aromatic carbocycles. The number of aryl methyl sites for hydroxylation is 1. The molecule has 0 radical (unpaired) electrons. The Bertz CT molecular complexity index is 1020. The number of hydrogen-bond acceptors (Lipinski definition) is 5. The Kier molecular flexibility index (Phi) is 6.09. The van der Waals surface area contributed by atoms with E-state index < -0.39 is 0 Å². The first-order chi connectivity index (χ1) is 14.1. The highest BCUT2D eigenvalue weighted by Crippen LogP contribution is 2.28. The van der Waals surface area contributed by atoms with Gasteiger partial charge in [0.2, 0.25) is 0 Å². The SMILES string of the molecule is CCCc1cccc2nc(N)c(N3CCN(Cc4cccc(Cl)c4Cl)CC3)nc12. The number of benzene rings is 2. The molecule has 2 N–H and O–H groups in total. The van der Waals surface area contributed by atoms with Gasteiger partial charge in [0.25, 0.3) is 0 Å². The van der Waals surface area contributed by atoms with E-state index in [0.29, 0.717) is 15.9 Å². The number of para-hydroxylation sites is 1. The number of fused-ring (bicyclic) bond motifs is 1. The molecule has 0 unspecified atom stereocenters. The lowest BCUT2D eigenvalue weighted by molar-refractivity contribution is 0.249. The van der Waals surface area contributed by atoms with Gasteiger partial charge in [0.15, 0.2) is 11.6 Å². The Morgan fingerprint density at radius 2 is 1.69 bits per heavy atom. The number of anilines is 2. The van der Waals surface area contributed by atoms with Crippen LogP contribution in [-0.2, 0) is 13.0 Å². The van der Waals surface area contributed by atoms with Crippen molar-refractivity contribution in [2.75, 3.05) is 36.8 Å². The van der Waals surface area contributed by atoms with E-state index in [4.69, 9.17) is 33.9 Å². The summed E-state index contributed by atoms with van der Waals surface area (Å²) in [5.74, 6) is 1.29. The van der Waals surface area contributed by atoms with Gasteiger partial charge in [0.05, 0.1) is 21.1 Å². The summed E-state index contributed by atoms with van der Waals surface area (Å²) in [6.45, 7) is 6.46. The minimum atomic E-state index is 0.498. The van der Waals surface area contributed by atoms with E-state index in [2.05, 4.69) is 27.8 Å². The van der Waals surface area contributed by atoms with Crippen molar-refractivity contribution in [3.05, 3.63) is 57.6 Å². The predicted molar refractivity (Wildman–Crippen MR) is 122 cm³/mol. The first kappa shape index (κ1) is 20.2. The quantitative estimate of drug-likeness (QED) is 0.631. The summed E-state index contributed by atoms with van der Waals surface area (Å²) in [6.07, 6.45) is 2.06. The van der Waals surface area contributed by atoms with E-state index in [1.807, 2.05) is 30.3 Å². The molecule has 0 aliphatic carbocycles. The van der Waals surface area contributed by atoms with Crippen molar-refractivity contribution in [1.82, 2.24) is 14.9 Å². The molecule has 2 heterocycles. The van der Waals surface area contributed by atoms with Gasteiger partial charge in [-0.25, -0.2) is 9.97 Å². The molecular formula is C22H25Cl2N5. The fraction of sp³-hybridized carbons (Fsp3) is 0.364. The van der Waals surface area contributed by atoms with Crippen LogP contribution in [0.1, 0.15) is 24.5 Å². The normalized spacial score (nSPS) is 15.2. The minimum absolute atomic E-state index is 0.498. The van der Waals surface area contributed by atoms with Gasteiger partial charge in [0, 0.05) is 32.7 Å². The number of rotatable bonds is 5. The van der Waals surface area contributed by atoms with Gasteiger partial charge in [-0.15, -0.1) is 0 Å². The lowest BCUT2D eigenvalue weighted by Gasteiger charge is -2.35. The van der Waals surface area contributed by atoms with Crippen LogP contribution in [0.2, 0.25) is 10.0 Å². The van der Waals surface area contributed by atoms with Crippen LogP contribution in [0.3, 0.4) is 0 Å². The van der Waals surface area contributed by atoms with Crippen molar-refractivity contribution in [2.24, 2.45) is 0 Å². The third kappa shape index (κ3) is 4.27. The van der Waals surface area contributed by atoms with Gasteiger partial charge in [-0.1, -0.05) is 60.8 Å². The number of nitrogens with zero attached hydrogens (tertiary/aromatic N) is 4. The molecule has 4 rings (SSSR count).